The van der Waals surface area contributed by atoms with Crippen LogP contribution >= 0.6 is 15.9 Å². The molecule has 1 nitrogen and oxygen atoms in total. The third kappa shape index (κ3) is 2.03. The van der Waals surface area contributed by atoms with Crippen molar-refractivity contribution < 1.29 is 4.74 Å². The van der Waals surface area contributed by atoms with E-state index in [1.807, 2.05) is 36.4 Å². The van der Waals surface area contributed by atoms with Gasteiger partial charge in [0.1, 0.15) is 0 Å². The summed E-state index contributed by atoms with van der Waals surface area (Å²) in [5.74, 6) is 0. The van der Waals surface area contributed by atoms with Crippen molar-refractivity contribution >= 4 is 15.9 Å². The maximum atomic E-state index is 5.98. The predicted octanol–water partition coefficient (Wildman–Crippen LogP) is 4.26. The topological polar surface area (TPSA) is 9.23 Å². The lowest BCUT2D eigenvalue weighted by Crippen LogP contribution is -2.36. The van der Waals surface area contributed by atoms with Gasteiger partial charge in [0, 0.05) is 0 Å². The molecule has 3 rings (SSSR count). The van der Waals surface area contributed by atoms with Gasteiger partial charge in [0.25, 0.3) is 0 Å². The molecule has 0 amide bonds. The van der Waals surface area contributed by atoms with E-state index >= 15 is 0 Å². The van der Waals surface area contributed by atoms with Gasteiger partial charge in [-0.25, -0.2) is 0 Å². The summed E-state index contributed by atoms with van der Waals surface area (Å²) in [6, 6.07) is 20.7. The van der Waals surface area contributed by atoms with Crippen LogP contribution in [-0.2, 0) is 4.74 Å². The number of rotatable bonds is 2. The zero-order valence-corrected chi connectivity index (χ0v) is 10.9. The number of alkyl halides is 1. The lowest BCUT2D eigenvalue weighted by atomic mass is 9.93. The molecule has 1 aliphatic heterocycles. The van der Waals surface area contributed by atoms with Crippen molar-refractivity contribution in [2.45, 2.75) is 17.0 Å². The summed E-state index contributed by atoms with van der Waals surface area (Å²) >= 11 is 3.74. The van der Waals surface area contributed by atoms with Gasteiger partial charge in [-0.15, -0.1) is 0 Å². The number of benzene rings is 2. The molecule has 86 valence electrons. The Morgan fingerprint density at radius 1 is 0.706 bits per heavy atom. The van der Waals surface area contributed by atoms with Crippen molar-refractivity contribution in [1.29, 1.82) is 0 Å². The van der Waals surface area contributed by atoms with E-state index in [2.05, 4.69) is 40.2 Å². The molecule has 0 aromatic heterocycles. The Bertz CT molecular complexity index is 437. The van der Waals surface area contributed by atoms with Crippen LogP contribution in [0.2, 0.25) is 0 Å². The first-order valence-electron chi connectivity index (χ1n) is 5.76. The number of hydrogen-bond acceptors (Lipinski definition) is 1. The molecule has 0 N–H and O–H groups in total. The first kappa shape index (κ1) is 11.0. The van der Waals surface area contributed by atoms with E-state index < -0.39 is 0 Å². The van der Waals surface area contributed by atoms with Crippen LogP contribution in [0.25, 0.3) is 0 Å². The summed E-state index contributed by atoms with van der Waals surface area (Å²) < 4.78 is 5.98. The van der Waals surface area contributed by atoms with Gasteiger partial charge in [0.15, 0.2) is 0 Å². The second kappa shape index (κ2) is 4.63. The van der Waals surface area contributed by atoms with E-state index in [4.69, 9.17) is 4.74 Å². The van der Waals surface area contributed by atoms with Gasteiger partial charge in [-0.3, -0.25) is 0 Å². The van der Waals surface area contributed by atoms with Crippen molar-refractivity contribution in [3.8, 4) is 0 Å². The average Bonchev–Trinajstić information content (AvgIpc) is 2.40. The van der Waals surface area contributed by atoms with E-state index in [1.165, 1.54) is 11.1 Å². The summed E-state index contributed by atoms with van der Waals surface area (Å²) in [4.78, 5) is 0.354. The van der Waals surface area contributed by atoms with E-state index in [-0.39, 0.29) is 12.2 Å². The monoisotopic (exact) mass is 288 g/mol. The van der Waals surface area contributed by atoms with E-state index in [0.717, 1.165) is 0 Å². The summed E-state index contributed by atoms with van der Waals surface area (Å²) in [6.07, 6.45) is 0.336. The molecule has 1 saturated heterocycles. The molecule has 0 radical (unpaired) electrons. The zero-order valence-electron chi connectivity index (χ0n) is 9.29. The molecule has 0 bridgehead atoms. The second-order valence-electron chi connectivity index (χ2n) is 4.24. The van der Waals surface area contributed by atoms with Crippen molar-refractivity contribution in [1.82, 2.24) is 0 Å². The fourth-order valence-corrected chi connectivity index (χ4v) is 3.05. The Balaban J connectivity index is 1.76. The summed E-state index contributed by atoms with van der Waals surface area (Å²) in [5, 5.41) is 0. The highest BCUT2D eigenvalue weighted by atomic mass is 79.9. The molecule has 1 heterocycles. The lowest BCUT2D eigenvalue weighted by Gasteiger charge is -2.42. The van der Waals surface area contributed by atoms with Crippen LogP contribution < -0.4 is 0 Å². The highest BCUT2D eigenvalue weighted by molar-refractivity contribution is 9.09. The van der Waals surface area contributed by atoms with Crippen LogP contribution in [0.5, 0.6) is 0 Å². The standard InChI is InChI=1S/C15H13BrO/c16-13-14(11-7-3-1-4-8-11)17-15(13)12-9-5-2-6-10-12/h1-10,13-15H/t13?,14-,15+. The quantitative estimate of drug-likeness (QED) is 0.750. The smallest absolute Gasteiger partial charge is 0.0987 e. The van der Waals surface area contributed by atoms with Gasteiger partial charge in [-0.2, -0.15) is 0 Å². The minimum Gasteiger partial charge on any atom is -0.363 e. The van der Waals surface area contributed by atoms with Crippen molar-refractivity contribution in [3.63, 3.8) is 0 Å². The molecule has 2 aromatic carbocycles. The number of hydrogen-bond donors (Lipinski definition) is 0. The summed E-state index contributed by atoms with van der Waals surface area (Å²) in [6.45, 7) is 0. The molecule has 0 aliphatic carbocycles. The van der Waals surface area contributed by atoms with E-state index in [1.54, 1.807) is 0 Å². The van der Waals surface area contributed by atoms with E-state index in [0.29, 0.717) is 4.83 Å². The number of ether oxygens (including phenoxy) is 1. The minimum atomic E-state index is 0.168. The molecule has 2 heteroatoms. The summed E-state index contributed by atoms with van der Waals surface area (Å²) in [7, 11) is 0. The maximum absolute atomic E-state index is 5.98. The van der Waals surface area contributed by atoms with Crippen molar-refractivity contribution in [2.75, 3.05) is 0 Å². The Hall–Kier alpha value is -1.12. The van der Waals surface area contributed by atoms with Crippen LogP contribution in [0.4, 0.5) is 0 Å². The molecular weight excluding hydrogens is 276 g/mol. The predicted molar refractivity (Wildman–Crippen MR) is 72.2 cm³/mol. The van der Waals surface area contributed by atoms with Gasteiger partial charge in [0.05, 0.1) is 17.0 Å². The third-order valence-electron chi connectivity index (χ3n) is 3.13. The molecule has 3 atom stereocenters. The zero-order chi connectivity index (χ0) is 11.7. The molecule has 0 saturated carbocycles. The van der Waals surface area contributed by atoms with Gasteiger partial charge < -0.3 is 4.74 Å². The van der Waals surface area contributed by atoms with Crippen molar-refractivity contribution in [2.24, 2.45) is 0 Å². The fraction of sp³-hybridized carbons (Fsp3) is 0.200. The molecule has 2 aromatic rings. The first-order valence-corrected chi connectivity index (χ1v) is 6.67. The van der Waals surface area contributed by atoms with Crippen LogP contribution in [0, 0.1) is 0 Å². The first-order chi connectivity index (χ1) is 8.36. The fourth-order valence-electron chi connectivity index (χ4n) is 2.19. The largest absolute Gasteiger partial charge is 0.363 e. The second-order valence-corrected chi connectivity index (χ2v) is 5.30. The Kier molecular flexibility index (Phi) is 3.00. The molecule has 17 heavy (non-hydrogen) atoms. The molecule has 0 spiro atoms. The molecule has 1 fully saturated rings. The van der Waals surface area contributed by atoms with Gasteiger partial charge >= 0.3 is 0 Å². The van der Waals surface area contributed by atoms with Crippen LogP contribution in [0.1, 0.15) is 23.3 Å². The van der Waals surface area contributed by atoms with Gasteiger partial charge in [-0.05, 0) is 11.1 Å². The number of halogens is 1. The van der Waals surface area contributed by atoms with Crippen molar-refractivity contribution in [3.05, 3.63) is 71.8 Å². The van der Waals surface area contributed by atoms with Crippen LogP contribution in [0.15, 0.2) is 60.7 Å². The van der Waals surface area contributed by atoms with E-state index in [9.17, 15) is 0 Å². The van der Waals surface area contributed by atoms with Crippen LogP contribution in [-0.4, -0.2) is 4.83 Å². The highest BCUT2D eigenvalue weighted by Crippen LogP contribution is 2.48. The normalized spacial score (nSPS) is 27.5. The Morgan fingerprint density at radius 2 is 1.12 bits per heavy atom. The van der Waals surface area contributed by atoms with Crippen LogP contribution in [0.3, 0.4) is 0 Å². The minimum absolute atomic E-state index is 0.168. The molecule has 1 aliphatic rings. The Labute approximate surface area is 110 Å². The third-order valence-corrected chi connectivity index (χ3v) is 4.09. The molecular formula is C15H13BrO. The van der Waals surface area contributed by atoms with Gasteiger partial charge in [0.2, 0.25) is 0 Å². The molecule has 1 unspecified atom stereocenters. The Morgan fingerprint density at radius 3 is 1.47 bits per heavy atom. The average molecular weight is 289 g/mol. The highest BCUT2D eigenvalue weighted by Gasteiger charge is 2.42. The SMILES string of the molecule is BrC1[C@@H](c2ccccc2)O[C@H]1c1ccccc1. The lowest BCUT2D eigenvalue weighted by molar-refractivity contribution is -0.118. The maximum Gasteiger partial charge on any atom is 0.0987 e. The van der Waals surface area contributed by atoms with Gasteiger partial charge in [-0.1, -0.05) is 76.6 Å². The summed E-state index contributed by atoms with van der Waals surface area (Å²) in [5.41, 5.74) is 2.48.